The van der Waals surface area contributed by atoms with E-state index in [4.69, 9.17) is 4.74 Å². The molecule has 0 saturated carbocycles. The van der Waals surface area contributed by atoms with E-state index in [9.17, 15) is 0 Å². The summed E-state index contributed by atoms with van der Waals surface area (Å²) in [5.74, 6) is 0. The first kappa shape index (κ1) is 26.4. The normalized spacial score (nSPS) is 11.9. The fraction of sp³-hybridized carbons (Fsp3) is 0.143. The van der Waals surface area contributed by atoms with Crippen LogP contribution >= 0.6 is 15.0 Å². The van der Waals surface area contributed by atoms with Crippen molar-refractivity contribution in [1.29, 1.82) is 0 Å². The molecule has 0 spiro atoms. The minimum atomic E-state index is -2.34. The maximum Gasteiger partial charge on any atom is 0.0554 e. The molecule has 0 unspecified atom stereocenters. The van der Waals surface area contributed by atoms with E-state index in [1.807, 2.05) is 0 Å². The van der Waals surface area contributed by atoms with E-state index < -0.39 is 15.0 Å². The quantitative estimate of drug-likeness (QED) is 0.201. The molecule has 0 aliphatic rings. The van der Waals surface area contributed by atoms with Crippen molar-refractivity contribution in [2.75, 3.05) is 6.54 Å². The van der Waals surface area contributed by atoms with Gasteiger partial charge in [-0.2, -0.15) is 0 Å². The fourth-order valence-electron chi connectivity index (χ4n) is 4.78. The summed E-state index contributed by atoms with van der Waals surface area (Å²) in [7, 11) is -3.12. The highest BCUT2D eigenvalue weighted by Crippen LogP contribution is 2.49. The molecule has 190 valence electrons. The van der Waals surface area contributed by atoms with Gasteiger partial charge in [-0.1, -0.05) is 166 Å². The van der Waals surface area contributed by atoms with Gasteiger partial charge in [0, 0.05) is 22.5 Å². The van der Waals surface area contributed by atoms with Gasteiger partial charge in [0.2, 0.25) is 0 Å². The lowest BCUT2D eigenvalue weighted by Gasteiger charge is -2.33. The first-order chi connectivity index (χ1) is 18.5. The predicted octanol–water partition coefficient (Wildman–Crippen LogP) is 6.97. The lowest BCUT2D eigenvalue weighted by molar-refractivity contribution is 0.431. The average Bonchev–Trinajstić information content (AvgIpc) is 2.96. The van der Waals surface area contributed by atoms with E-state index in [1.165, 1.54) is 31.8 Å². The number of rotatable bonds is 7. The minimum absolute atomic E-state index is 0.0767. The molecule has 0 aliphatic heterocycles. The SMILES string of the molecule is CC(C)(C)CN=P(c1ccccc1)(c1ccccc1)c1ccccc1P(c1ccccc1)c1ccccc1. The van der Waals surface area contributed by atoms with Crippen molar-refractivity contribution in [2.45, 2.75) is 20.8 Å². The molecule has 0 amide bonds. The molecular weight excluding hydrogens is 496 g/mol. The van der Waals surface area contributed by atoms with Crippen LogP contribution in [0.3, 0.4) is 0 Å². The molecule has 38 heavy (non-hydrogen) atoms. The monoisotopic (exact) mass is 531 g/mol. The second-order valence-electron chi connectivity index (χ2n) is 10.7. The summed E-state index contributed by atoms with van der Waals surface area (Å²) in [5, 5.41) is 8.07. The molecule has 0 radical (unpaired) electrons. The predicted molar refractivity (Wildman–Crippen MR) is 171 cm³/mol. The van der Waals surface area contributed by atoms with Crippen molar-refractivity contribution < 1.29 is 0 Å². The van der Waals surface area contributed by atoms with Gasteiger partial charge in [0.1, 0.15) is 0 Å². The van der Waals surface area contributed by atoms with E-state index in [-0.39, 0.29) is 5.41 Å². The molecule has 5 rings (SSSR count). The van der Waals surface area contributed by atoms with E-state index in [1.54, 1.807) is 0 Å². The molecule has 0 bridgehead atoms. The van der Waals surface area contributed by atoms with Gasteiger partial charge < -0.3 is 0 Å². The van der Waals surface area contributed by atoms with E-state index in [0.717, 1.165) is 6.54 Å². The molecule has 0 saturated heterocycles. The lowest BCUT2D eigenvalue weighted by atomic mass is 9.98. The van der Waals surface area contributed by atoms with Crippen molar-refractivity contribution in [1.82, 2.24) is 0 Å². The summed E-state index contributed by atoms with van der Waals surface area (Å²) >= 11 is 0. The van der Waals surface area contributed by atoms with Gasteiger partial charge in [-0.25, -0.2) is 0 Å². The molecule has 1 nitrogen and oxygen atoms in total. The molecule has 5 aromatic carbocycles. The highest BCUT2D eigenvalue weighted by atomic mass is 31.2. The van der Waals surface area contributed by atoms with Crippen molar-refractivity contribution in [3.05, 3.63) is 146 Å². The van der Waals surface area contributed by atoms with Crippen LogP contribution in [0.4, 0.5) is 0 Å². The van der Waals surface area contributed by atoms with Gasteiger partial charge in [-0.05, 0) is 29.3 Å². The molecule has 0 aliphatic carbocycles. The third-order valence-corrected chi connectivity index (χ3v) is 12.9. The zero-order valence-electron chi connectivity index (χ0n) is 22.4. The van der Waals surface area contributed by atoms with Crippen molar-refractivity contribution >= 4 is 46.8 Å². The van der Waals surface area contributed by atoms with Crippen molar-refractivity contribution in [3.63, 3.8) is 0 Å². The van der Waals surface area contributed by atoms with Crippen LogP contribution in [0.2, 0.25) is 0 Å². The maximum absolute atomic E-state index is 5.79. The van der Waals surface area contributed by atoms with E-state index in [2.05, 4.69) is 166 Å². The van der Waals surface area contributed by atoms with Gasteiger partial charge in [0.05, 0.1) is 7.05 Å². The smallest absolute Gasteiger partial charge is 0.0554 e. The largest absolute Gasteiger partial charge is 0.289 e. The second-order valence-corrected chi connectivity index (χ2v) is 15.9. The summed E-state index contributed by atoms with van der Waals surface area (Å²) in [6.07, 6.45) is 0. The molecule has 0 aromatic heterocycles. The Kier molecular flexibility index (Phi) is 8.09. The van der Waals surface area contributed by atoms with Crippen LogP contribution in [-0.4, -0.2) is 6.54 Å². The van der Waals surface area contributed by atoms with Gasteiger partial charge in [-0.3, -0.25) is 4.74 Å². The molecule has 0 heterocycles. The Morgan fingerprint density at radius 3 is 1.37 bits per heavy atom. The molecule has 0 N–H and O–H groups in total. The Morgan fingerprint density at radius 2 is 0.921 bits per heavy atom. The van der Waals surface area contributed by atoms with Crippen LogP contribution in [0.15, 0.2) is 150 Å². The summed E-state index contributed by atoms with van der Waals surface area (Å²) in [4.78, 5) is 0. The highest BCUT2D eigenvalue weighted by molar-refractivity contribution is 7.90. The van der Waals surface area contributed by atoms with Crippen LogP contribution < -0.4 is 31.8 Å². The highest BCUT2D eigenvalue weighted by Gasteiger charge is 2.32. The first-order valence-corrected chi connectivity index (χ1v) is 16.3. The minimum Gasteiger partial charge on any atom is -0.289 e. The van der Waals surface area contributed by atoms with Gasteiger partial charge >= 0.3 is 0 Å². The Morgan fingerprint density at radius 1 is 0.526 bits per heavy atom. The number of hydrogen-bond acceptors (Lipinski definition) is 1. The van der Waals surface area contributed by atoms with Crippen LogP contribution in [0.5, 0.6) is 0 Å². The fourth-order valence-corrected chi connectivity index (χ4v) is 11.7. The first-order valence-electron chi connectivity index (χ1n) is 13.2. The molecular formula is C35H35NP2. The topological polar surface area (TPSA) is 12.4 Å². The van der Waals surface area contributed by atoms with E-state index in [0.29, 0.717) is 0 Å². The Labute approximate surface area is 229 Å². The van der Waals surface area contributed by atoms with Crippen molar-refractivity contribution in [3.8, 4) is 0 Å². The molecule has 5 aromatic rings. The zero-order valence-corrected chi connectivity index (χ0v) is 24.2. The third-order valence-electron chi connectivity index (χ3n) is 6.52. The summed E-state index contributed by atoms with van der Waals surface area (Å²) in [5.41, 5.74) is 0.0767. The van der Waals surface area contributed by atoms with Crippen LogP contribution in [0.25, 0.3) is 0 Å². The van der Waals surface area contributed by atoms with Crippen LogP contribution in [-0.2, 0) is 0 Å². The standard InChI is InChI=1S/C35H35NP2/c1-35(2,3)28-36-38(31-22-12-6-13-23-31,32-24-14-7-15-25-32)34-27-17-16-26-33(34)37(29-18-8-4-9-19-29)30-20-10-5-11-21-30/h4-27H,28H2,1-3H3. The Hall–Kier alpha value is -3.24. The Balaban J connectivity index is 1.89. The average molecular weight is 532 g/mol. The lowest BCUT2D eigenvalue weighted by Crippen LogP contribution is -2.37. The molecule has 3 heteroatoms. The van der Waals surface area contributed by atoms with Crippen molar-refractivity contribution in [2.24, 2.45) is 10.2 Å². The summed E-state index contributed by atoms with van der Waals surface area (Å²) < 4.78 is 5.79. The summed E-state index contributed by atoms with van der Waals surface area (Å²) in [6.45, 7) is 7.64. The maximum atomic E-state index is 5.79. The van der Waals surface area contributed by atoms with Gasteiger partial charge in [0.15, 0.2) is 0 Å². The summed E-state index contributed by atoms with van der Waals surface area (Å²) in [6, 6.07) is 53.2. The second kappa shape index (κ2) is 11.7. The third kappa shape index (κ3) is 5.61. The van der Waals surface area contributed by atoms with Crippen LogP contribution in [0, 0.1) is 5.41 Å². The molecule has 0 atom stereocenters. The molecule has 0 fully saturated rings. The van der Waals surface area contributed by atoms with Gasteiger partial charge in [-0.15, -0.1) is 0 Å². The van der Waals surface area contributed by atoms with Gasteiger partial charge in [0.25, 0.3) is 0 Å². The zero-order chi connectivity index (χ0) is 26.4. The van der Waals surface area contributed by atoms with E-state index >= 15 is 0 Å². The number of hydrogen-bond donors (Lipinski definition) is 0. The number of benzene rings is 5. The Bertz CT molecular complexity index is 1420. The number of nitrogens with zero attached hydrogens (tertiary/aromatic N) is 1. The van der Waals surface area contributed by atoms with Crippen LogP contribution in [0.1, 0.15) is 20.8 Å².